The van der Waals surface area contributed by atoms with E-state index >= 15 is 4.39 Å². The zero-order chi connectivity index (χ0) is 56.7. The number of amides is 4. The third-order valence-corrected chi connectivity index (χ3v) is 19.0. The fourth-order valence-electron chi connectivity index (χ4n) is 14.7. The van der Waals surface area contributed by atoms with E-state index in [1.54, 1.807) is 18.2 Å². The summed E-state index contributed by atoms with van der Waals surface area (Å²) in [5.74, 6) is 7.85. The molecule has 5 saturated heterocycles. The lowest BCUT2D eigenvalue weighted by Gasteiger charge is -2.54. The van der Waals surface area contributed by atoms with Crippen molar-refractivity contribution in [2.45, 2.75) is 129 Å². The molecule has 6 aliphatic heterocycles. The van der Waals surface area contributed by atoms with Crippen LogP contribution in [-0.2, 0) is 32.0 Å². The van der Waals surface area contributed by atoms with E-state index < -0.39 is 17.5 Å². The van der Waals surface area contributed by atoms with E-state index in [0.717, 1.165) is 112 Å². The number of hydrogen-bond donors (Lipinski definition) is 1. The number of piperazine rings is 2. The van der Waals surface area contributed by atoms with Crippen LogP contribution in [0.1, 0.15) is 119 Å². The Kier molecular flexibility index (Phi) is 14.1. The molecular weight excluding hydrogens is 1040 g/mol. The second kappa shape index (κ2) is 21.4. The van der Waals surface area contributed by atoms with E-state index in [2.05, 4.69) is 55.8 Å². The van der Waals surface area contributed by atoms with E-state index in [-0.39, 0.29) is 71.6 Å². The lowest BCUT2D eigenvalue weighted by Crippen LogP contribution is -2.57. The van der Waals surface area contributed by atoms with Crippen LogP contribution in [-0.4, -0.2) is 161 Å². The molecule has 82 heavy (non-hydrogen) atoms. The number of fused-ring (bicyclic) bond motifs is 5. The van der Waals surface area contributed by atoms with Gasteiger partial charge in [0.05, 0.1) is 17.5 Å². The van der Waals surface area contributed by atoms with Crippen LogP contribution in [0.2, 0.25) is 0 Å². The Morgan fingerprint density at radius 1 is 0.878 bits per heavy atom. The number of likely N-dealkylation sites (tertiary alicyclic amines) is 1. The van der Waals surface area contributed by atoms with E-state index in [4.69, 9.17) is 29.2 Å². The minimum atomic E-state index is -0.617. The van der Waals surface area contributed by atoms with Gasteiger partial charge in [0.25, 0.3) is 5.91 Å². The number of aryl methyl sites for hydroxylation is 1. The molecule has 430 valence electrons. The molecule has 4 amide bonds. The highest BCUT2D eigenvalue weighted by atomic mass is 19.1. The Morgan fingerprint density at radius 3 is 2.35 bits per heavy atom. The van der Waals surface area contributed by atoms with E-state index in [1.807, 2.05) is 62.1 Å². The number of pyridine rings is 1. The molecule has 2 aliphatic carbocycles. The minimum absolute atomic E-state index is 0.0422. The Bertz CT molecular complexity index is 3420. The average Bonchev–Trinajstić information content (AvgIpc) is 4.11. The van der Waals surface area contributed by atoms with Gasteiger partial charge in [-0.25, -0.2) is 19.2 Å². The Balaban J connectivity index is 0.672. The Labute approximate surface area is 479 Å². The van der Waals surface area contributed by atoms with Crippen molar-refractivity contribution in [3.8, 4) is 28.8 Å². The molecule has 7 fully saturated rings. The highest BCUT2D eigenvalue weighted by molar-refractivity contribution is 6.06. The van der Waals surface area contributed by atoms with Crippen molar-refractivity contribution in [2.75, 3.05) is 89.2 Å². The number of carbonyl (C=O) groups is 4. The lowest BCUT2D eigenvalue weighted by molar-refractivity contribution is -0.136. The van der Waals surface area contributed by atoms with Crippen LogP contribution in [0.5, 0.6) is 5.75 Å². The molecule has 3 aromatic carbocycles. The van der Waals surface area contributed by atoms with Gasteiger partial charge < -0.3 is 33.8 Å². The molecule has 17 nitrogen and oxygen atoms in total. The summed E-state index contributed by atoms with van der Waals surface area (Å²) >= 11 is 0. The standard InChI is InChI=1S/C64H75FN10O7/c1-6-41-8-7-9-42-29-47(81-39-80-5)30-49(54(41)42)56-55(65)57-50(33-66-56)58(73-36-45-10-11-46(37-73)75(45)61(79)82-62(2,3)4)68-52(67-57)16-17-63(18-19-63)38-71-22-20-64(21-23-71)31-40(32-64)34-70-24-26-72(27-25-70)44-12-13-48-43(28-44)35-74(60(48)78)51-14-15-53(76)69-59(51)77/h7-9,12-13,28-30,33,40,45-46,51H,6,10-11,14-15,18-27,31-32,34-39H2,1-5H3,(H,69,76,77)/t45?,46?,51-/m0/s1. The third-order valence-electron chi connectivity index (χ3n) is 19.0. The average molecular weight is 1120 g/mol. The summed E-state index contributed by atoms with van der Waals surface area (Å²) in [6.45, 7) is 17.2. The van der Waals surface area contributed by atoms with Gasteiger partial charge in [-0.15, -0.1) is 0 Å². The van der Waals surface area contributed by atoms with Crippen molar-refractivity contribution >= 4 is 57.0 Å². The van der Waals surface area contributed by atoms with Gasteiger partial charge in [0.2, 0.25) is 17.6 Å². The van der Waals surface area contributed by atoms with E-state index in [9.17, 15) is 19.2 Å². The van der Waals surface area contributed by atoms with Gasteiger partial charge in [-0.05, 0) is 168 Å². The molecule has 1 spiro atoms. The first-order valence-electron chi connectivity index (χ1n) is 29.8. The zero-order valence-electron chi connectivity index (χ0n) is 48.0. The van der Waals surface area contributed by atoms with Gasteiger partial charge >= 0.3 is 6.09 Å². The van der Waals surface area contributed by atoms with Crippen molar-refractivity contribution in [3.05, 3.63) is 83.1 Å². The van der Waals surface area contributed by atoms with Gasteiger partial charge in [-0.3, -0.25) is 34.5 Å². The maximum Gasteiger partial charge on any atom is 0.410 e. The molecule has 2 unspecified atom stereocenters. The van der Waals surface area contributed by atoms with Crippen LogP contribution in [0.25, 0.3) is 32.9 Å². The predicted molar refractivity (Wildman–Crippen MR) is 310 cm³/mol. The maximum atomic E-state index is 17.7. The van der Waals surface area contributed by atoms with Crippen molar-refractivity contribution in [1.82, 2.24) is 39.9 Å². The number of ether oxygens (including phenoxy) is 3. The fraction of sp³-hybridized carbons (Fsp3) is 0.547. The van der Waals surface area contributed by atoms with Gasteiger partial charge in [0.1, 0.15) is 34.4 Å². The van der Waals surface area contributed by atoms with E-state index in [1.165, 1.54) is 25.7 Å². The summed E-state index contributed by atoms with van der Waals surface area (Å²) in [6, 6.07) is 15.2. The molecule has 8 heterocycles. The van der Waals surface area contributed by atoms with Gasteiger partial charge in [-0.2, -0.15) is 0 Å². The first-order chi connectivity index (χ1) is 39.5. The number of nitrogens with one attached hydrogen (secondary N) is 1. The molecule has 2 bridgehead atoms. The number of anilines is 2. The van der Waals surface area contributed by atoms with Crippen molar-refractivity contribution in [3.63, 3.8) is 0 Å². The summed E-state index contributed by atoms with van der Waals surface area (Å²) in [4.78, 5) is 79.5. The molecule has 3 atom stereocenters. The van der Waals surface area contributed by atoms with Crippen LogP contribution in [0.15, 0.2) is 54.7 Å². The van der Waals surface area contributed by atoms with Gasteiger partial charge in [0.15, 0.2) is 12.6 Å². The van der Waals surface area contributed by atoms with Crippen LogP contribution in [0.3, 0.4) is 0 Å². The summed E-state index contributed by atoms with van der Waals surface area (Å²) < 4.78 is 34.8. The third kappa shape index (κ3) is 10.5. The second-order valence-electron chi connectivity index (χ2n) is 25.7. The minimum Gasteiger partial charge on any atom is -0.468 e. The predicted octanol–water partition coefficient (Wildman–Crippen LogP) is 8.32. The second-order valence-corrected chi connectivity index (χ2v) is 25.7. The highest BCUT2D eigenvalue weighted by Crippen LogP contribution is 2.54. The normalized spacial score (nSPS) is 23.5. The quantitative estimate of drug-likeness (QED) is 0.0720. The molecule has 1 N–H and O–H groups in total. The number of aromatic nitrogens is 3. The number of carbonyl (C=O) groups excluding carboxylic acids is 4. The van der Waals surface area contributed by atoms with Crippen molar-refractivity contribution < 1.29 is 37.8 Å². The molecule has 2 aromatic heterocycles. The summed E-state index contributed by atoms with van der Waals surface area (Å²) in [5, 5.41) is 4.72. The zero-order valence-corrected chi connectivity index (χ0v) is 48.0. The number of rotatable bonds is 12. The first kappa shape index (κ1) is 54.3. The van der Waals surface area contributed by atoms with Crippen LogP contribution >= 0.6 is 0 Å². The molecule has 18 heteroatoms. The smallest absolute Gasteiger partial charge is 0.410 e. The van der Waals surface area contributed by atoms with Crippen molar-refractivity contribution in [1.29, 1.82) is 0 Å². The fourth-order valence-corrected chi connectivity index (χ4v) is 14.7. The molecule has 0 radical (unpaired) electrons. The molecule has 2 saturated carbocycles. The first-order valence-corrected chi connectivity index (χ1v) is 29.8. The van der Waals surface area contributed by atoms with Crippen LogP contribution in [0.4, 0.5) is 20.7 Å². The lowest BCUT2D eigenvalue weighted by atomic mass is 9.57. The SMILES string of the molecule is CCc1cccc2cc(OCOC)cc(-c3ncc4c(N5CC6CCC(C5)N6C(=O)OC(C)(C)C)nc(C#CC5(CN6CCC7(CC6)CC(CN6CCN(c8ccc9c(c8)CN([C@H]8CCC(=O)NC8=O)C9=O)CC6)C7)CC5)nc4c3F)c12. The van der Waals surface area contributed by atoms with E-state index in [0.29, 0.717) is 65.5 Å². The number of imide groups is 1. The monoisotopic (exact) mass is 1110 g/mol. The summed E-state index contributed by atoms with van der Waals surface area (Å²) in [5.41, 5.74) is 4.36. The highest BCUT2D eigenvalue weighted by Gasteiger charge is 2.50. The van der Waals surface area contributed by atoms with Gasteiger partial charge in [-0.1, -0.05) is 31.0 Å². The molecule has 13 rings (SSSR count). The van der Waals surface area contributed by atoms with Crippen LogP contribution < -0.4 is 19.9 Å². The molecule has 5 aromatic rings. The largest absolute Gasteiger partial charge is 0.468 e. The Morgan fingerprint density at radius 2 is 1.65 bits per heavy atom. The number of methoxy groups -OCH3 is 1. The molecular formula is C64H75FN10O7. The molecule has 8 aliphatic rings. The van der Waals surface area contributed by atoms with Gasteiger partial charge in [0, 0.05) is 101 Å². The summed E-state index contributed by atoms with van der Waals surface area (Å²) in [7, 11) is 1.57. The maximum absolute atomic E-state index is 17.7. The number of nitrogens with zero attached hydrogens (tertiary/aromatic N) is 9. The topological polar surface area (TPSA) is 166 Å². The Hall–Kier alpha value is -6.94. The summed E-state index contributed by atoms with van der Waals surface area (Å²) in [6.07, 6.45) is 11.4. The number of halogens is 1. The number of benzene rings is 3. The van der Waals surface area contributed by atoms with Crippen molar-refractivity contribution in [2.24, 2.45) is 16.7 Å². The number of piperidine rings is 2. The number of hydrogen-bond acceptors (Lipinski definition) is 14. The van der Waals surface area contributed by atoms with Crippen LogP contribution in [0, 0.1) is 34.4 Å².